The highest BCUT2D eigenvalue weighted by atomic mass is 16.5. The fourth-order valence-corrected chi connectivity index (χ4v) is 2.85. The zero-order chi connectivity index (χ0) is 16.1. The summed E-state index contributed by atoms with van der Waals surface area (Å²) in [5.74, 6) is 0.678. The van der Waals surface area contributed by atoms with Gasteiger partial charge in [-0.05, 0) is 42.7 Å². The second-order valence-electron chi connectivity index (χ2n) is 6.53. The Hall–Kier alpha value is -1.39. The summed E-state index contributed by atoms with van der Waals surface area (Å²) in [6.45, 7) is 7.76. The van der Waals surface area contributed by atoms with Crippen LogP contribution in [0.3, 0.4) is 0 Å². The summed E-state index contributed by atoms with van der Waals surface area (Å²) < 4.78 is 5.32. The molecule has 2 unspecified atom stereocenters. The minimum Gasteiger partial charge on any atom is -0.381 e. The lowest BCUT2D eigenvalue weighted by Crippen LogP contribution is -2.47. The van der Waals surface area contributed by atoms with Crippen molar-refractivity contribution in [2.45, 2.75) is 51.6 Å². The van der Waals surface area contributed by atoms with E-state index in [4.69, 9.17) is 10.5 Å². The third kappa shape index (κ3) is 4.31. The highest BCUT2D eigenvalue weighted by Crippen LogP contribution is 2.20. The molecule has 0 spiro atoms. The van der Waals surface area contributed by atoms with E-state index in [2.05, 4.69) is 43.4 Å². The first-order valence-corrected chi connectivity index (χ1v) is 8.22. The zero-order valence-corrected chi connectivity index (χ0v) is 13.8. The number of rotatable bonds is 5. The van der Waals surface area contributed by atoms with Gasteiger partial charge in [0.25, 0.3) is 0 Å². The number of hydrogen-bond donors (Lipinski definition) is 2. The molecule has 0 aromatic heterocycles. The van der Waals surface area contributed by atoms with Crippen molar-refractivity contribution < 1.29 is 9.53 Å². The fourth-order valence-electron chi connectivity index (χ4n) is 2.85. The average Bonchev–Trinajstić information content (AvgIpc) is 2.54. The van der Waals surface area contributed by atoms with E-state index in [0.29, 0.717) is 19.1 Å². The maximum atomic E-state index is 12.3. The Morgan fingerprint density at radius 2 is 1.68 bits per heavy atom. The van der Waals surface area contributed by atoms with Crippen LogP contribution in [0.5, 0.6) is 0 Å². The van der Waals surface area contributed by atoms with Crippen molar-refractivity contribution in [3.05, 3.63) is 35.4 Å². The van der Waals surface area contributed by atoms with Crippen LogP contribution in [0.4, 0.5) is 0 Å². The third-order valence-electron chi connectivity index (χ3n) is 4.54. The van der Waals surface area contributed by atoms with E-state index in [9.17, 15) is 4.79 Å². The van der Waals surface area contributed by atoms with Crippen LogP contribution in [-0.4, -0.2) is 25.2 Å². The Kier molecular flexibility index (Phi) is 5.98. The maximum absolute atomic E-state index is 12.3. The number of nitrogens with two attached hydrogens (primary N) is 1. The van der Waals surface area contributed by atoms with E-state index in [1.54, 1.807) is 0 Å². The summed E-state index contributed by atoms with van der Waals surface area (Å²) in [4.78, 5) is 12.3. The van der Waals surface area contributed by atoms with Crippen molar-refractivity contribution in [2.75, 3.05) is 13.2 Å². The van der Waals surface area contributed by atoms with Gasteiger partial charge in [0.15, 0.2) is 0 Å². The maximum Gasteiger partial charge on any atom is 0.237 e. The van der Waals surface area contributed by atoms with Crippen LogP contribution in [0, 0.1) is 5.92 Å². The summed E-state index contributed by atoms with van der Waals surface area (Å²) in [7, 11) is 0. The summed E-state index contributed by atoms with van der Waals surface area (Å²) in [5.41, 5.74) is 8.53. The number of ether oxygens (including phenoxy) is 1. The lowest BCUT2D eigenvalue weighted by atomic mass is 9.91. The molecule has 2 atom stereocenters. The second-order valence-corrected chi connectivity index (χ2v) is 6.53. The van der Waals surface area contributed by atoms with Gasteiger partial charge in [-0.25, -0.2) is 0 Å². The summed E-state index contributed by atoms with van der Waals surface area (Å²) in [5, 5.41) is 3.04. The van der Waals surface area contributed by atoms with Gasteiger partial charge in [-0.3, -0.25) is 4.79 Å². The molecule has 1 fully saturated rings. The first-order chi connectivity index (χ1) is 10.5. The summed E-state index contributed by atoms with van der Waals surface area (Å²) in [6.07, 6.45) is 1.73. The van der Waals surface area contributed by atoms with Crippen molar-refractivity contribution in [3.63, 3.8) is 0 Å². The number of nitrogens with one attached hydrogen (secondary N) is 1. The van der Waals surface area contributed by atoms with Crippen LogP contribution in [-0.2, 0) is 9.53 Å². The SMILES string of the molecule is CC(C)c1ccc(C(C)NC(=O)C(N)C2CCOCC2)cc1. The number of carbonyl (C=O) groups is 1. The van der Waals surface area contributed by atoms with Crippen LogP contribution in [0.1, 0.15) is 56.7 Å². The minimum absolute atomic E-state index is 0.0281. The second kappa shape index (κ2) is 7.75. The first-order valence-electron chi connectivity index (χ1n) is 8.22. The predicted octanol–water partition coefficient (Wildman–Crippen LogP) is 2.74. The van der Waals surface area contributed by atoms with Gasteiger partial charge in [0, 0.05) is 13.2 Å². The monoisotopic (exact) mass is 304 g/mol. The molecule has 0 aliphatic carbocycles. The molecule has 1 aliphatic heterocycles. The van der Waals surface area contributed by atoms with Gasteiger partial charge >= 0.3 is 0 Å². The van der Waals surface area contributed by atoms with E-state index >= 15 is 0 Å². The highest BCUT2D eigenvalue weighted by Gasteiger charge is 2.27. The number of hydrogen-bond acceptors (Lipinski definition) is 3. The van der Waals surface area contributed by atoms with Crippen LogP contribution in [0.15, 0.2) is 24.3 Å². The molecule has 3 N–H and O–H groups in total. The average molecular weight is 304 g/mol. The normalized spacial score (nSPS) is 19.0. The molecule has 1 aromatic carbocycles. The Labute approximate surface area is 133 Å². The molecule has 1 aliphatic rings. The lowest BCUT2D eigenvalue weighted by molar-refractivity contribution is -0.125. The molecule has 0 saturated carbocycles. The van der Waals surface area contributed by atoms with Crippen molar-refractivity contribution in [1.82, 2.24) is 5.32 Å². The molecule has 1 heterocycles. The number of carbonyl (C=O) groups excluding carboxylic acids is 1. The van der Waals surface area contributed by atoms with E-state index in [0.717, 1.165) is 18.4 Å². The smallest absolute Gasteiger partial charge is 0.237 e. The Bertz CT molecular complexity index is 478. The molecule has 0 bridgehead atoms. The largest absolute Gasteiger partial charge is 0.381 e. The van der Waals surface area contributed by atoms with Gasteiger partial charge in [0.2, 0.25) is 5.91 Å². The Morgan fingerprint density at radius 1 is 1.14 bits per heavy atom. The molecular formula is C18H28N2O2. The van der Waals surface area contributed by atoms with Gasteiger partial charge in [-0.2, -0.15) is 0 Å². The third-order valence-corrected chi connectivity index (χ3v) is 4.54. The molecule has 2 rings (SSSR count). The van der Waals surface area contributed by atoms with Crippen LogP contribution < -0.4 is 11.1 Å². The first kappa shape index (κ1) is 17.0. The molecule has 4 heteroatoms. The molecular weight excluding hydrogens is 276 g/mol. The molecule has 1 aromatic rings. The van der Waals surface area contributed by atoms with Crippen molar-refractivity contribution in [1.29, 1.82) is 0 Å². The number of amides is 1. The quantitative estimate of drug-likeness (QED) is 0.879. The topological polar surface area (TPSA) is 64.4 Å². The molecule has 4 nitrogen and oxygen atoms in total. The molecule has 122 valence electrons. The van der Waals surface area contributed by atoms with Gasteiger partial charge in [-0.15, -0.1) is 0 Å². The van der Waals surface area contributed by atoms with Crippen molar-refractivity contribution in [3.8, 4) is 0 Å². The van der Waals surface area contributed by atoms with Crippen molar-refractivity contribution >= 4 is 5.91 Å². The van der Waals surface area contributed by atoms with E-state index in [1.165, 1.54) is 5.56 Å². The summed E-state index contributed by atoms with van der Waals surface area (Å²) in [6, 6.07) is 7.95. The van der Waals surface area contributed by atoms with Gasteiger partial charge in [0.1, 0.15) is 0 Å². The van der Waals surface area contributed by atoms with Crippen LogP contribution >= 0.6 is 0 Å². The standard InChI is InChI=1S/C18H28N2O2/c1-12(2)14-4-6-15(7-5-14)13(3)20-18(21)17(19)16-8-10-22-11-9-16/h4-7,12-13,16-17H,8-11,19H2,1-3H3,(H,20,21). The van der Waals surface area contributed by atoms with Crippen LogP contribution in [0.25, 0.3) is 0 Å². The Morgan fingerprint density at radius 3 is 2.23 bits per heavy atom. The Balaban J connectivity index is 1.92. The van der Waals surface area contributed by atoms with E-state index in [1.807, 2.05) is 6.92 Å². The molecule has 0 radical (unpaired) electrons. The minimum atomic E-state index is -0.443. The predicted molar refractivity (Wildman–Crippen MR) is 88.6 cm³/mol. The van der Waals surface area contributed by atoms with Crippen molar-refractivity contribution in [2.24, 2.45) is 11.7 Å². The van der Waals surface area contributed by atoms with E-state index < -0.39 is 6.04 Å². The molecule has 22 heavy (non-hydrogen) atoms. The highest BCUT2D eigenvalue weighted by molar-refractivity contribution is 5.82. The zero-order valence-electron chi connectivity index (χ0n) is 13.8. The van der Waals surface area contributed by atoms with Gasteiger partial charge in [-0.1, -0.05) is 38.1 Å². The van der Waals surface area contributed by atoms with E-state index in [-0.39, 0.29) is 17.9 Å². The molecule has 1 amide bonds. The van der Waals surface area contributed by atoms with Gasteiger partial charge in [0.05, 0.1) is 12.1 Å². The fraction of sp³-hybridized carbons (Fsp3) is 0.611. The molecule has 1 saturated heterocycles. The number of benzene rings is 1. The van der Waals surface area contributed by atoms with Crippen LogP contribution in [0.2, 0.25) is 0 Å². The summed E-state index contributed by atoms with van der Waals surface area (Å²) >= 11 is 0. The van der Waals surface area contributed by atoms with Gasteiger partial charge < -0.3 is 15.8 Å². The lowest BCUT2D eigenvalue weighted by Gasteiger charge is -2.28.